The summed E-state index contributed by atoms with van der Waals surface area (Å²) in [7, 11) is 0. The summed E-state index contributed by atoms with van der Waals surface area (Å²) in [6, 6.07) is 11.6. The summed E-state index contributed by atoms with van der Waals surface area (Å²) in [5, 5.41) is 3.46. The molecule has 1 unspecified atom stereocenters. The van der Waals surface area contributed by atoms with E-state index in [-0.39, 0.29) is 17.5 Å². The van der Waals surface area contributed by atoms with Gasteiger partial charge in [-0.15, -0.1) is 13.2 Å². The molecular weight excluding hydrogens is 415 g/mol. The van der Waals surface area contributed by atoms with Crippen LogP contribution in [0.4, 0.5) is 24.0 Å². The van der Waals surface area contributed by atoms with Gasteiger partial charge in [0.15, 0.2) is 10.9 Å². The molecule has 1 atom stereocenters. The molecule has 3 aromatic rings. The van der Waals surface area contributed by atoms with Crippen LogP contribution in [-0.2, 0) is 4.79 Å². The van der Waals surface area contributed by atoms with Gasteiger partial charge in [0.2, 0.25) is 5.91 Å². The molecule has 158 valence electrons. The number of ether oxygens (including phenoxy) is 1. The molecule has 30 heavy (non-hydrogen) atoms. The van der Waals surface area contributed by atoms with E-state index in [1.165, 1.54) is 18.2 Å². The number of benzene rings is 2. The highest BCUT2D eigenvalue weighted by Gasteiger charge is 2.33. The Bertz CT molecular complexity index is 1070. The molecule has 4 rings (SSSR count). The SMILES string of the molecule is Cc1ccc2nc(N3CCCC(C(=O)Nc4ccccc4OC(F)(F)F)C3)sc2c1. The van der Waals surface area contributed by atoms with Crippen molar-refractivity contribution in [2.45, 2.75) is 26.1 Å². The Balaban J connectivity index is 1.47. The first kappa shape index (κ1) is 20.5. The number of carbonyl (C=O) groups is 1. The van der Waals surface area contributed by atoms with Crippen molar-refractivity contribution in [3.63, 3.8) is 0 Å². The summed E-state index contributed by atoms with van der Waals surface area (Å²) in [5.74, 6) is -1.10. The molecule has 0 bridgehead atoms. The van der Waals surface area contributed by atoms with Crippen molar-refractivity contribution < 1.29 is 22.7 Å². The maximum Gasteiger partial charge on any atom is 0.573 e. The Hall–Kier alpha value is -2.81. The van der Waals surface area contributed by atoms with Gasteiger partial charge in [-0.3, -0.25) is 4.79 Å². The summed E-state index contributed by atoms with van der Waals surface area (Å²) >= 11 is 1.58. The van der Waals surface area contributed by atoms with Crippen molar-refractivity contribution in [1.82, 2.24) is 4.98 Å². The number of aryl methyl sites for hydroxylation is 1. The van der Waals surface area contributed by atoms with Crippen LogP contribution in [0, 0.1) is 12.8 Å². The Morgan fingerprint density at radius 2 is 2.07 bits per heavy atom. The van der Waals surface area contributed by atoms with Crippen LogP contribution in [0.3, 0.4) is 0 Å². The molecule has 0 spiro atoms. The van der Waals surface area contributed by atoms with E-state index < -0.39 is 12.1 Å². The van der Waals surface area contributed by atoms with Crippen LogP contribution in [0.15, 0.2) is 42.5 Å². The first-order valence-electron chi connectivity index (χ1n) is 9.56. The van der Waals surface area contributed by atoms with Gasteiger partial charge in [-0.05, 0) is 49.6 Å². The van der Waals surface area contributed by atoms with Crippen molar-refractivity contribution in [2.24, 2.45) is 5.92 Å². The predicted molar refractivity (Wildman–Crippen MR) is 111 cm³/mol. The first-order valence-corrected chi connectivity index (χ1v) is 10.4. The monoisotopic (exact) mass is 435 g/mol. The molecular formula is C21H20F3N3O2S. The van der Waals surface area contributed by atoms with E-state index in [9.17, 15) is 18.0 Å². The minimum atomic E-state index is -4.83. The number of para-hydroxylation sites is 2. The Kier molecular flexibility index (Phi) is 5.55. The van der Waals surface area contributed by atoms with Gasteiger partial charge in [0.1, 0.15) is 0 Å². The summed E-state index contributed by atoms with van der Waals surface area (Å²) in [4.78, 5) is 19.5. The molecule has 1 saturated heterocycles. The van der Waals surface area contributed by atoms with E-state index in [2.05, 4.69) is 26.0 Å². The average Bonchev–Trinajstić information content (AvgIpc) is 3.12. The molecule has 1 amide bonds. The summed E-state index contributed by atoms with van der Waals surface area (Å²) < 4.78 is 43.0. The third-order valence-corrected chi connectivity index (χ3v) is 6.04. The normalized spacial score (nSPS) is 17.2. The molecule has 2 aromatic carbocycles. The maximum atomic E-state index is 12.8. The number of hydrogen-bond donors (Lipinski definition) is 1. The molecule has 0 aliphatic carbocycles. The number of rotatable bonds is 4. The van der Waals surface area contributed by atoms with Crippen molar-refractivity contribution in [2.75, 3.05) is 23.3 Å². The number of fused-ring (bicyclic) bond motifs is 1. The van der Waals surface area contributed by atoms with Gasteiger partial charge in [0.05, 0.1) is 21.8 Å². The van der Waals surface area contributed by atoms with E-state index in [4.69, 9.17) is 0 Å². The molecule has 0 saturated carbocycles. The van der Waals surface area contributed by atoms with E-state index in [1.807, 2.05) is 19.1 Å². The maximum absolute atomic E-state index is 12.8. The molecule has 1 fully saturated rings. The zero-order valence-corrected chi connectivity index (χ0v) is 17.0. The average molecular weight is 435 g/mol. The standard InChI is InChI=1S/C21H20F3N3O2S/c1-13-8-9-16-18(11-13)30-20(26-16)27-10-4-5-14(12-27)19(28)25-15-6-2-3-7-17(15)29-21(22,23)24/h2-3,6-9,11,14H,4-5,10,12H2,1H3,(H,25,28). The highest BCUT2D eigenvalue weighted by molar-refractivity contribution is 7.22. The Labute approximate surface area is 175 Å². The number of anilines is 2. The fourth-order valence-electron chi connectivity index (χ4n) is 3.54. The summed E-state index contributed by atoms with van der Waals surface area (Å²) in [5.41, 5.74) is 2.09. The number of halogens is 3. The minimum absolute atomic E-state index is 0.00686. The number of thiazole rings is 1. The minimum Gasteiger partial charge on any atom is -0.404 e. The smallest absolute Gasteiger partial charge is 0.404 e. The first-order chi connectivity index (χ1) is 14.3. The summed E-state index contributed by atoms with van der Waals surface area (Å²) in [6.45, 7) is 3.28. The van der Waals surface area contributed by atoms with Crippen molar-refractivity contribution >= 4 is 38.3 Å². The van der Waals surface area contributed by atoms with Gasteiger partial charge in [0, 0.05) is 13.1 Å². The molecule has 1 aliphatic rings. The lowest BCUT2D eigenvalue weighted by molar-refractivity contribution is -0.274. The molecule has 5 nitrogen and oxygen atoms in total. The number of nitrogens with one attached hydrogen (secondary N) is 1. The number of carbonyl (C=O) groups excluding carboxylic acids is 1. The van der Waals surface area contributed by atoms with E-state index in [0.29, 0.717) is 13.0 Å². The number of nitrogens with zero attached hydrogens (tertiary/aromatic N) is 2. The summed E-state index contributed by atoms with van der Waals surface area (Å²) in [6.07, 6.45) is -3.37. The molecule has 1 aromatic heterocycles. The zero-order chi connectivity index (χ0) is 21.3. The van der Waals surface area contributed by atoms with Gasteiger partial charge in [-0.1, -0.05) is 29.5 Å². The van der Waals surface area contributed by atoms with Crippen molar-refractivity contribution in [1.29, 1.82) is 0 Å². The van der Waals surface area contributed by atoms with Crippen LogP contribution in [0.2, 0.25) is 0 Å². The number of hydrogen-bond acceptors (Lipinski definition) is 5. The largest absolute Gasteiger partial charge is 0.573 e. The number of amides is 1. The topological polar surface area (TPSA) is 54.5 Å². The molecule has 1 N–H and O–H groups in total. The van der Waals surface area contributed by atoms with Gasteiger partial charge in [-0.2, -0.15) is 0 Å². The Morgan fingerprint density at radius 3 is 2.87 bits per heavy atom. The van der Waals surface area contributed by atoms with Gasteiger partial charge >= 0.3 is 6.36 Å². The molecule has 0 radical (unpaired) electrons. The number of piperidine rings is 1. The Morgan fingerprint density at radius 1 is 1.27 bits per heavy atom. The second-order valence-electron chi connectivity index (χ2n) is 7.29. The fraction of sp³-hybridized carbons (Fsp3) is 0.333. The predicted octanol–water partition coefficient (Wildman–Crippen LogP) is 5.36. The molecule has 1 aliphatic heterocycles. The second-order valence-corrected chi connectivity index (χ2v) is 8.30. The van der Waals surface area contributed by atoms with Crippen molar-refractivity contribution in [3.8, 4) is 5.75 Å². The van der Waals surface area contributed by atoms with E-state index in [1.54, 1.807) is 17.4 Å². The highest BCUT2D eigenvalue weighted by Crippen LogP contribution is 2.34. The van der Waals surface area contributed by atoms with Crippen LogP contribution in [0.5, 0.6) is 5.75 Å². The lowest BCUT2D eigenvalue weighted by Gasteiger charge is -2.31. The van der Waals surface area contributed by atoms with Crippen LogP contribution in [0.1, 0.15) is 18.4 Å². The van der Waals surface area contributed by atoms with E-state index >= 15 is 0 Å². The lowest BCUT2D eigenvalue weighted by Crippen LogP contribution is -2.40. The van der Waals surface area contributed by atoms with Gasteiger partial charge in [0.25, 0.3) is 0 Å². The number of aromatic nitrogens is 1. The van der Waals surface area contributed by atoms with Crippen LogP contribution >= 0.6 is 11.3 Å². The van der Waals surface area contributed by atoms with E-state index in [0.717, 1.165) is 33.9 Å². The molecule has 2 heterocycles. The zero-order valence-electron chi connectivity index (χ0n) is 16.2. The van der Waals surface area contributed by atoms with Crippen molar-refractivity contribution in [3.05, 3.63) is 48.0 Å². The van der Waals surface area contributed by atoms with Gasteiger partial charge < -0.3 is 15.0 Å². The van der Waals surface area contributed by atoms with Crippen LogP contribution in [-0.4, -0.2) is 30.3 Å². The second kappa shape index (κ2) is 8.14. The van der Waals surface area contributed by atoms with Crippen LogP contribution in [0.25, 0.3) is 10.2 Å². The van der Waals surface area contributed by atoms with Crippen LogP contribution < -0.4 is 15.0 Å². The number of alkyl halides is 3. The molecule has 9 heteroatoms. The third kappa shape index (κ3) is 4.67. The lowest BCUT2D eigenvalue weighted by atomic mass is 9.97. The van der Waals surface area contributed by atoms with Gasteiger partial charge in [-0.25, -0.2) is 4.98 Å². The third-order valence-electron chi connectivity index (χ3n) is 4.97. The highest BCUT2D eigenvalue weighted by atomic mass is 32.1. The quantitative estimate of drug-likeness (QED) is 0.600. The fourth-order valence-corrected chi connectivity index (χ4v) is 4.64.